The summed E-state index contributed by atoms with van der Waals surface area (Å²) in [4.78, 5) is 38.5. The van der Waals surface area contributed by atoms with Crippen molar-refractivity contribution in [3.63, 3.8) is 0 Å². The summed E-state index contributed by atoms with van der Waals surface area (Å²) in [6.45, 7) is 5.86. The lowest BCUT2D eigenvalue weighted by Gasteiger charge is -2.20. The van der Waals surface area contributed by atoms with Gasteiger partial charge in [-0.25, -0.2) is 4.79 Å². The summed E-state index contributed by atoms with van der Waals surface area (Å²) < 4.78 is 5.41. The van der Waals surface area contributed by atoms with Crippen molar-refractivity contribution in [1.82, 2.24) is 5.32 Å². The molecule has 0 saturated carbocycles. The second kappa shape index (κ2) is 13.0. The van der Waals surface area contributed by atoms with Gasteiger partial charge >= 0.3 is 5.97 Å². The fourth-order valence-electron chi connectivity index (χ4n) is 3.56. The zero-order valence-corrected chi connectivity index (χ0v) is 22.9. The first-order chi connectivity index (χ1) is 17.6. The van der Waals surface area contributed by atoms with Gasteiger partial charge in [0.2, 0.25) is 0 Å². The van der Waals surface area contributed by atoms with E-state index in [1.807, 2.05) is 13.8 Å². The smallest absolute Gasteiger partial charge is 0.329 e. The van der Waals surface area contributed by atoms with E-state index in [9.17, 15) is 14.4 Å². The Balaban J connectivity index is 1.76. The first-order valence-corrected chi connectivity index (χ1v) is 12.8. The van der Waals surface area contributed by atoms with Gasteiger partial charge in [-0.05, 0) is 54.3 Å². The topological polar surface area (TPSA) is 84.5 Å². The van der Waals surface area contributed by atoms with Gasteiger partial charge in [0.1, 0.15) is 6.04 Å². The average Bonchev–Trinajstić information content (AvgIpc) is 2.83. The first kappa shape index (κ1) is 28.5. The molecular formula is C28H27Cl3N2O4. The van der Waals surface area contributed by atoms with E-state index in [1.165, 1.54) is 0 Å². The Kier molecular flexibility index (Phi) is 9.98. The molecule has 0 fully saturated rings. The highest BCUT2D eigenvalue weighted by Gasteiger charge is 2.25. The van der Waals surface area contributed by atoms with Crippen molar-refractivity contribution in [2.45, 2.75) is 33.2 Å². The van der Waals surface area contributed by atoms with E-state index in [-0.39, 0.29) is 34.6 Å². The highest BCUT2D eigenvalue weighted by atomic mass is 35.5. The molecule has 0 aliphatic rings. The van der Waals surface area contributed by atoms with Crippen LogP contribution >= 0.6 is 34.8 Å². The maximum Gasteiger partial charge on any atom is 0.329 e. The lowest BCUT2D eigenvalue weighted by molar-refractivity contribution is -0.147. The monoisotopic (exact) mass is 560 g/mol. The number of hydrogen-bond donors (Lipinski definition) is 2. The van der Waals surface area contributed by atoms with Crippen LogP contribution in [0.2, 0.25) is 15.1 Å². The molecule has 9 heteroatoms. The zero-order valence-electron chi connectivity index (χ0n) is 20.6. The number of anilines is 1. The van der Waals surface area contributed by atoms with Crippen molar-refractivity contribution < 1.29 is 19.1 Å². The van der Waals surface area contributed by atoms with E-state index in [0.717, 1.165) is 5.56 Å². The van der Waals surface area contributed by atoms with Gasteiger partial charge in [0.25, 0.3) is 11.8 Å². The largest absolute Gasteiger partial charge is 0.464 e. The summed E-state index contributed by atoms with van der Waals surface area (Å²) in [5.74, 6) is -1.31. The fourth-order valence-corrected chi connectivity index (χ4v) is 4.44. The number of esters is 1. The van der Waals surface area contributed by atoms with E-state index in [1.54, 1.807) is 67.6 Å². The zero-order chi connectivity index (χ0) is 27.1. The molecule has 6 nitrogen and oxygen atoms in total. The van der Waals surface area contributed by atoms with Crippen LogP contribution < -0.4 is 10.6 Å². The molecule has 0 heterocycles. The summed E-state index contributed by atoms with van der Waals surface area (Å²) in [5.41, 5.74) is 2.44. The van der Waals surface area contributed by atoms with Gasteiger partial charge in [-0.3, -0.25) is 9.59 Å². The van der Waals surface area contributed by atoms with Gasteiger partial charge in [-0.1, -0.05) is 79.0 Å². The number of rotatable bonds is 9. The fraction of sp³-hybridized carbons (Fsp3) is 0.250. The summed E-state index contributed by atoms with van der Waals surface area (Å²) in [6, 6.07) is 15.9. The molecule has 3 rings (SSSR count). The second-order valence-corrected chi connectivity index (χ2v) is 10.2. The van der Waals surface area contributed by atoms with Gasteiger partial charge in [0, 0.05) is 12.1 Å². The first-order valence-electron chi connectivity index (χ1n) is 11.6. The summed E-state index contributed by atoms with van der Waals surface area (Å²) in [6.07, 6.45) is 0.177. The van der Waals surface area contributed by atoms with Crippen molar-refractivity contribution in [2.75, 3.05) is 11.9 Å². The third-order valence-corrected chi connectivity index (χ3v) is 6.38. The molecule has 1 atom stereocenters. The van der Waals surface area contributed by atoms with Crippen LogP contribution in [0.25, 0.3) is 0 Å². The lowest BCUT2D eigenvalue weighted by Crippen LogP contribution is -2.44. The Morgan fingerprint density at radius 2 is 1.38 bits per heavy atom. The second-order valence-electron chi connectivity index (χ2n) is 8.93. The molecule has 0 aromatic heterocycles. The number of carbonyl (C=O) groups excluding carboxylic acids is 3. The Bertz CT molecular complexity index is 1250. The number of carbonyl (C=O) groups is 3. The number of nitrogens with one attached hydrogen (secondary N) is 2. The van der Waals surface area contributed by atoms with Crippen LogP contribution in [0.4, 0.5) is 5.69 Å². The van der Waals surface area contributed by atoms with Gasteiger partial charge in [0.15, 0.2) is 0 Å². The van der Waals surface area contributed by atoms with Crippen molar-refractivity contribution in [2.24, 2.45) is 5.92 Å². The van der Waals surface area contributed by atoms with Crippen molar-refractivity contribution >= 4 is 58.3 Å². The van der Waals surface area contributed by atoms with E-state index in [2.05, 4.69) is 10.6 Å². The number of ether oxygens (including phenoxy) is 1. The number of hydrogen-bond acceptors (Lipinski definition) is 4. The quantitative estimate of drug-likeness (QED) is 0.283. The summed E-state index contributed by atoms with van der Waals surface area (Å²) >= 11 is 18.5. The maximum atomic E-state index is 13.0. The molecule has 0 bridgehead atoms. The minimum atomic E-state index is -0.940. The van der Waals surface area contributed by atoms with Crippen molar-refractivity contribution in [3.05, 3.63) is 98.0 Å². The molecule has 0 aliphatic heterocycles. The standard InChI is InChI=1S/C28H27Cl3N2O4/c1-16(2)15-37-28(36)23(33-26(34)24-17(3)6-4-7-20(24)29)14-18-10-12-19(13-11-18)32-27(35)25-21(30)8-5-9-22(25)31/h4-13,16,23H,14-15H2,1-3H3,(H,32,35)(H,33,34). The molecule has 3 aromatic rings. The summed E-state index contributed by atoms with van der Waals surface area (Å²) in [5, 5.41) is 6.31. The molecule has 0 radical (unpaired) electrons. The van der Waals surface area contributed by atoms with Crippen LogP contribution in [0.3, 0.4) is 0 Å². The Morgan fingerprint density at radius 1 is 0.811 bits per heavy atom. The van der Waals surface area contributed by atoms with Gasteiger partial charge in [-0.15, -0.1) is 0 Å². The third-order valence-electron chi connectivity index (χ3n) is 5.44. The Labute approximate surface area is 231 Å². The minimum Gasteiger partial charge on any atom is -0.464 e. The molecule has 0 spiro atoms. The Morgan fingerprint density at radius 3 is 1.95 bits per heavy atom. The molecule has 1 unspecified atom stereocenters. The number of benzene rings is 3. The molecule has 0 aliphatic carbocycles. The predicted octanol–water partition coefficient (Wildman–Crippen LogP) is 6.75. The van der Waals surface area contributed by atoms with E-state index < -0.39 is 23.8 Å². The van der Waals surface area contributed by atoms with Crippen LogP contribution in [0.1, 0.15) is 45.7 Å². The van der Waals surface area contributed by atoms with Crippen molar-refractivity contribution in [1.29, 1.82) is 0 Å². The normalized spacial score (nSPS) is 11.6. The minimum absolute atomic E-state index is 0.139. The summed E-state index contributed by atoms with van der Waals surface area (Å²) in [7, 11) is 0. The number of aryl methyl sites for hydroxylation is 1. The highest BCUT2D eigenvalue weighted by Crippen LogP contribution is 2.25. The van der Waals surface area contributed by atoms with Crippen LogP contribution in [0, 0.1) is 12.8 Å². The van der Waals surface area contributed by atoms with Crippen LogP contribution in [-0.2, 0) is 16.0 Å². The van der Waals surface area contributed by atoms with Crippen LogP contribution in [0.5, 0.6) is 0 Å². The number of amides is 2. The SMILES string of the molecule is Cc1cccc(Cl)c1C(=O)NC(Cc1ccc(NC(=O)c2c(Cl)cccc2Cl)cc1)C(=O)OCC(C)C. The van der Waals surface area contributed by atoms with E-state index in [4.69, 9.17) is 39.5 Å². The molecule has 3 aromatic carbocycles. The highest BCUT2D eigenvalue weighted by molar-refractivity contribution is 6.40. The Hall–Kier alpha value is -3.06. The predicted molar refractivity (Wildman–Crippen MR) is 148 cm³/mol. The van der Waals surface area contributed by atoms with Crippen LogP contribution in [-0.4, -0.2) is 30.4 Å². The molecule has 2 amide bonds. The lowest BCUT2D eigenvalue weighted by atomic mass is 10.0. The van der Waals surface area contributed by atoms with Crippen LogP contribution in [0.15, 0.2) is 60.7 Å². The number of halogens is 3. The van der Waals surface area contributed by atoms with E-state index in [0.29, 0.717) is 21.8 Å². The molecule has 0 saturated heterocycles. The van der Waals surface area contributed by atoms with E-state index >= 15 is 0 Å². The molecule has 37 heavy (non-hydrogen) atoms. The van der Waals surface area contributed by atoms with Gasteiger partial charge < -0.3 is 15.4 Å². The maximum absolute atomic E-state index is 13.0. The van der Waals surface area contributed by atoms with Gasteiger partial charge in [0.05, 0.1) is 32.8 Å². The van der Waals surface area contributed by atoms with Crippen molar-refractivity contribution in [3.8, 4) is 0 Å². The third kappa shape index (κ3) is 7.71. The van der Waals surface area contributed by atoms with Gasteiger partial charge in [-0.2, -0.15) is 0 Å². The molecule has 194 valence electrons. The average molecular weight is 562 g/mol. The molecule has 2 N–H and O–H groups in total. The molecular weight excluding hydrogens is 535 g/mol.